The fourth-order valence-corrected chi connectivity index (χ4v) is 3.79. The SMILES string of the molecule is CN(CC(F)F)C(=O)Cn1nc(Cc2nc3cc(C#N)c(OCC(F)F)cc3[nH]2)c2ccccc2c1=O. The van der Waals surface area contributed by atoms with Gasteiger partial charge in [-0.05, 0) is 12.1 Å². The number of carbonyl (C=O) groups excluding carboxylic acids is 1. The maximum atomic E-state index is 12.9. The Kier molecular flexibility index (Phi) is 7.37. The summed E-state index contributed by atoms with van der Waals surface area (Å²) in [6.45, 7) is -2.18. The van der Waals surface area contributed by atoms with E-state index in [1.807, 2.05) is 6.07 Å². The number of likely N-dealkylation sites (N-methyl/N-ethyl adjacent to an activating group) is 1. The van der Waals surface area contributed by atoms with Gasteiger partial charge in [0.2, 0.25) is 5.91 Å². The Morgan fingerprint density at radius 3 is 2.59 bits per heavy atom. The van der Waals surface area contributed by atoms with Crippen molar-refractivity contribution in [2.45, 2.75) is 25.8 Å². The Balaban J connectivity index is 1.70. The zero-order valence-electron chi connectivity index (χ0n) is 19.4. The number of aromatic nitrogens is 4. The van der Waals surface area contributed by atoms with Crippen molar-refractivity contribution >= 4 is 27.7 Å². The van der Waals surface area contributed by atoms with E-state index < -0.39 is 44.0 Å². The molecule has 0 atom stereocenters. The number of alkyl halides is 4. The molecule has 0 unspecified atom stereocenters. The number of rotatable bonds is 9. The maximum absolute atomic E-state index is 12.9. The summed E-state index contributed by atoms with van der Waals surface area (Å²) in [5.41, 5.74) is 0.683. The van der Waals surface area contributed by atoms with Gasteiger partial charge in [0.15, 0.2) is 0 Å². The molecule has 0 fully saturated rings. The van der Waals surface area contributed by atoms with Gasteiger partial charge < -0.3 is 14.6 Å². The fraction of sp³-hybridized carbons (Fsp3) is 0.292. The van der Waals surface area contributed by atoms with Crippen molar-refractivity contribution in [2.24, 2.45) is 0 Å². The molecular formula is C24H20F4N6O3. The van der Waals surface area contributed by atoms with Crippen molar-refractivity contribution < 1.29 is 27.1 Å². The lowest BCUT2D eigenvalue weighted by Gasteiger charge is -2.17. The topological polar surface area (TPSA) is 117 Å². The molecule has 0 aliphatic carbocycles. The van der Waals surface area contributed by atoms with Crippen molar-refractivity contribution in [2.75, 3.05) is 20.2 Å². The smallest absolute Gasteiger partial charge is 0.275 e. The lowest BCUT2D eigenvalue weighted by molar-refractivity contribution is -0.132. The minimum absolute atomic E-state index is 0.0194. The third-order valence-electron chi connectivity index (χ3n) is 5.52. The van der Waals surface area contributed by atoms with Gasteiger partial charge in [0.05, 0.1) is 40.6 Å². The van der Waals surface area contributed by atoms with Crippen LogP contribution in [0.2, 0.25) is 0 Å². The van der Waals surface area contributed by atoms with Crippen LogP contribution in [0.25, 0.3) is 21.8 Å². The molecule has 2 heterocycles. The fourth-order valence-electron chi connectivity index (χ4n) is 3.79. The van der Waals surface area contributed by atoms with Crippen LogP contribution in [0.15, 0.2) is 41.2 Å². The van der Waals surface area contributed by atoms with E-state index in [9.17, 15) is 32.4 Å². The van der Waals surface area contributed by atoms with E-state index >= 15 is 0 Å². The summed E-state index contributed by atoms with van der Waals surface area (Å²) in [4.78, 5) is 33.6. The normalized spacial score (nSPS) is 11.4. The van der Waals surface area contributed by atoms with E-state index in [0.29, 0.717) is 27.9 Å². The molecule has 13 heteroatoms. The molecule has 2 aromatic heterocycles. The van der Waals surface area contributed by atoms with Crippen LogP contribution in [0, 0.1) is 11.3 Å². The number of benzene rings is 2. The maximum Gasteiger partial charge on any atom is 0.275 e. The summed E-state index contributed by atoms with van der Waals surface area (Å²) in [6, 6.07) is 11.3. The number of hydrogen-bond acceptors (Lipinski definition) is 6. The minimum Gasteiger partial charge on any atom is -0.486 e. The number of ether oxygens (including phenoxy) is 1. The van der Waals surface area contributed by atoms with Crippen LogP contribution in [0.4, 0.5) is 17.6 Å². The van der Waals surface area contributed by atoms with E-state index in [4.69, 9.17) is 4.74 Å². The highest BCUT2D eigenvalue weighted by molar-refractivity contribution is 5.85. The molecule has 4 aromatic rings. The highest BCUT2D eigenvalue weighted by Gasteiger charge is 2.19. The van der Waals surface area contributed by atoms with Crippen LogP contribution in [0.5, 0.6) is 5.75 Å². The lowest BCUT2D eigenvalue weighted by Crippen LogP contribution is -2.37. The van der Waals surface area contributed by atoms with Gasteiger partial charge in [0.25, 0.3) is 18.4 Å². The number of nitrogens with zero attached hydrogens (tertiary/aromatic N) is 5. The second kappa shape index (κ2) is 10.7. The van der Waals surface area contributed by atoms with Gasteiger partial charge in [-0.1, -0.05) is 18.2 Å². The molecule has 0 radical (unpaired) electrons. The van der Waals surface area contributed by atoms with E-state index in [0.717, 1.165) is 9.58 Å². The number of carbonyl (C=O) groups is 1. The Hall–Kier alpha value is -4.47. The van der Waals surface area contributed by atoms with Crippen LogP contribution in [0.1, 0.15) is 17.1 Å². The summed E-state index contributed by atoms with van der Waals surface area (Å²) < 4.78 is 56.4. The monoisotopic (exact) mass is 516 g/mol. The first-order valence-corrected chi connectivity index (χ1v) is 11.0. The van der Waals surface area contributed by atoms with E-state index in [1.54, 1.807) is 24.3 Å². The predicted octanol–water partition coefficient (Wildman–Crippen LogP) is 3.10. The Morgan fingerprint density at radius 1 is 1.19 bits per heavy atom. The van der Waals surface area contributed by atoms with Gasteiger partial charge in [-0.2, -0.15) is 10.4 Å². The van der Waals surface area contributed by atoms with Crippen molar-refractivity contribution in [3.05, 3.63) is 63.8 Å². The molecular weight excluding hydrogens is 496 g/mol. The van der Waals surface area contributed by atoms with E-state index in [-0.39, 0.29) is 23.1 Å². The molecule has 192 valence electrons. The number of imidazole rings is 1. The molecule has 0 bridgehead atoms. The Morgan fingerprint density at radius 2 is 1.92 bits per heavy atom. The standard InChI is InChI=1S/C24H20F4N6O3/c1-33(10-20(25)26)23(35)11-34-24(36)15-5-3-2-4-14(15)16(32-34)8-22-30-17-6-13(9-29)19(7-18(17)31-22)37-12-21(27)28/h2-7,20-21H,8,10-12H2,1H3,(H,30,31). The first-order valence-electron chi connectivity index (χ1n) is 11.0. The molecule has 0 saturated carbocycles. The molecule has 9 nitrogen and oxygen atoms in total. The van der Waals surface area contributed by atoms with Gasteiger partial charge in [-0.25, -0.2) is 27.2 Å². The second-order valence-corrected chi connectivity index (χ2v) is 8.16. The van der Waals surface area contributed by atoms with Crippen molar-refractivity contribution in [1.82, 2.24) is 24.6 Å². The number of fused-ring (bicyclic) bond motifs is 2. The van der Waals surface area contributed by atoms with Gasteiger partial charge in [-0.15, -0.1) is 0 Å². The lowest BCUT2D eigenvalue weighted by atomic mass is 10.1. The molecule has 0 saturated heterocycles. The van der Waals surface area contributed by atoms with Gasteiger partial charge in [0, 0.05) is 18.5 Å². The van der Waals surface area contributed by atoms with Crippen molar-refractivity contribution in [3.63, 3.8) is 0 Å². The number of halogens is 4. The van der Waals surface area contributed by atoms with Crippen LogP contribution in [-0.2, 0) is 17.8 Å². The summed E-state index contributed by atoms with van der Waals surface area (Å²) in [5, 5.41) is 14.5. The number of amides is 1. The van der Waals surface area contributed by atoms with Gasteiger partial charge in [0.1, 0.15) is 30.8 Å². The van der Waals surface area contributed by atoms with Crippen LogP contribution >= 0.6 is 0 Å². The molecule has 4 rings (SSSR count). The van der Waals surface area contributed by atoms with Crippen LogP contribution in [-0.4, -0.2) is 63.6 Å². The Bertz CT molecular complexity index is 1560. The molecule has 2 aromatic carbocycles. The largest absolute Gasteiger partial charge is 0.486 e. The highest BCUT2D eigenvalue weighted by atomic mass is 19.3. The van der Waals surface area contributed by atoms with Gasteiger partial charge in [-0.3, -0.25) is 9.59 Å². The quantitative estimate of drug-likeness (QED) is 0.342. The first kappa shape index (κ1) is 25.6. The summed E-state index contributed by atoms with van der Waals surface area (Å²) in [6.07, 6.45) is -5.36. The number of hydrogen-bond donors (Lipinski definition) is 1. The number of nitrogens with one attached hydrogen (secondary N) is 1. The highest BCUT2D eigenvalue weighted by Crippen LogP contribution is 2.26. The summed E-state index contributed by atoms with van der Waals surface area (Å²) >= 11 is 0. The average Bonchev–Trinajstić information content (AvgIpc) is 3.25. The first-order chi connectivity index (χ1) is 17.7. The van der Waals surface area contributed by atoms with E-state index in [2.05, 4.69) is 15.1 Å². The molecule has 0 aliphatic rings. The Labute approximate surface area is 206 Å². The average molecular weight is 516 g/mol. The minimum atomic E-state index is -2.72. The van der Waals surface area contributed by atoms with E-state index in [1.165, 1.54) is 19.2 Å². The number of nitriles is 1. The van der Waals surface area contributed by atoms with Crippen molar-refractivity contribution in [3.8, 4) is 11.8 Å². The zero-order valence-corrected chi connectivity index (χ0v) is 19.4. The zero-order chi connectivity index (χ0) is 26.7. The molecule has 1 amide bonds. The second-order valence-electron chi connectivity index (χ2n) is 8.16. The summed E-state index contributed by atoms with van der Waals surface area (Å²) in [5.74, 6) is -0.344. The molecule has 1 N–H and O–H groups in total. The molecule has 0 aliphatic heterocycles. The number of aromatic amines is 1. The molecule has 0 spiro atoms. The van der Waals surface area contributed by atoms with Crippen LogP contribution < -0.4 is 10.3 Å². The number of H-pyrrole nitrogens is 1. The van der Waals surface area contributed by atoms with Gasteiger partial charge >= 0.3 is 0 Å². The third-order valence-corrected chi connectivity index (χ3v) is 5.52. The summed E-state index contributed by atoms with van der Waals surface area (Å²) in [7, 11) is 1.21. The third kappa shape index (κ3) is 5.69. The van der Waals surface area contributed by atoms with Crippen molar-refractivity contribution in [1.29, 1.82) is 5.26 Å². The predicted molar refractivity (Wildman–Crippen MR) is 125 cm³/mol. The molecule has 37 heavy (non-hydrogen) atoms. The van der Waals surface area contributed by atoms with Crippen LogP contribution in [0.3, 0.4) is 0 Å².